The third-order valence-electron chi connectivity index (χ3n) is 5.05. The predicted octanol–water partition coefficient (Wildman–Crippen LogP) is 5.10. The normalized spacial score (nSPS) is 11.0. The average molecular weight is 377 g/mol. The fraction of sp³-hybridized carbons (Fsp3) is 0. The van der Waals surface area contributed by atoms with E-state index in [0.717, 1.165) is 33.4 Å². The summed E-state index contributed by atoms with van der Waals surface area (Å²) in [5.41, 5.74) is 5.84. The number of fused-ring (bicyclic) bond motifs is 3. The number of phenols is 2. The van der Waals surface area contributed by atoms with E-state index in [4.69, 9.17) is 4.98 Å². The number of pyridine rings is 2. The maximum Gasteiger partial charge on any atom is 0.158 e. The van der Waals surface area contributed by atoms with Gasteiger partial charge in [0.1, 0.15) is 17.1 Å². The van der Waals surface area contributed by atoms with Crippen molar-refractivity contribution in [3.63, 3.8) is 0 Å². The first-order chi connectivity index (χ1) is 14.2. The molecule has 5 aromatic rings. The third-order valence-corrected chi connectivity index (χ3v) is 5.05. The summed E-state index contributed by atoms with van der Waals surface area (Å²) in [4.78, 5) is 4.82. The second-order valence-electron chi connectivity index (χ2n) is 6.76. The molecule has 2 aromatic carbocycles. The summed E-state index contributed by atoms with van der Waals surface area (Å²) < 4.78 is 1.94. The number of benzene rings is 2. The molecule has 2 N–H and O–H groups in total. The number of hydrogen-bond acceptors (Lipinski definition) is 4. The van der Waals surface area contributed by atoms with Crippen LogP contribution in [-0.2, 0) is 0 Å². The Morgan fingerprint density at radius 2 is 1.62 bits per heavy atom. The van der Waals surface area contributed by atoms with Crippen LogP contribution in [0.15, 0.2) is 79.0 Å². The highest BCUT2D eigenvalue weighted by Gasteiger charge is 2.19. The van der Waals surface area contributed by atoms with E-state index in [9.17, 15) is 15.5 Å². The maximum absolute atomic E-state index is 10.1. The largest absolute Gasteiger partial charge is 0.504 e. The molecule has 0 atom stereocenters. The van der Waals surface area contributed by atoms with Crippen LogP contribution < -0.4 is 0 Å². The van der Waals surface area contributed by atoms with Gasteiger partial charge in [-0.15, -0.1) is 0 Å². The van der Waals surface area contributed by atoms with Gasteiger partial charge in [-0.25, -0.2) is 4.98 Å². The molecule has 3 heterocycles. The first kappa shape index (κ1) is 16.8. The second-order valence-corrected chi connectivity index (χ2v) is 6.76. The van der Waals surface area contributed by atoms with Gasteiger partial charge in [0, 0.05) is 17.3 Å². The zero-order valence-corrected chi connectivity index (χ0v) is 15.2. The Kier molecular flexibility index (Phi) is 3.71. The summed E-state index contributed by atoms with van der Waals surface area (Å²) >= 11 is 0. The molecular weight excluding hydrogens is 362 g/mol. The molecule has 5 rings (SSSR count). The number of rotatable bonds is 2. The molecule has 0 radical (unpaired) electrons. The van der Waals surface area contributed by atoms with Crippen molar-refractivity contribution in [1.82, 2.24) is 9.38 Å². The fourth-order valence-corrected chi connectivity index (χ4v) is 3.70. The fourth-order valence-electron chi connectivity index (χ4n) is 3.70. The van der Waals surface area contributed by atoms with Crippen LogP contribution in [0.4, 0.5) is 0 Å². The molecule has 0 aliphatic carbocycles. The van der Waals surface area contributed by atoms with Crippen LogP contribution in [0.3, 0.4) is 0 Å². The molecule has 29 heavy (non-hydrogen) atoms. The molecule has 0 saturated heterocycles. The molecule has 0 fully saturated rings. The maximum atomic E-state index is 10.1. The van der Waals surface area contributed by atoms with Gasteiger partial charge >= 0.3 is 0 Å². The van der Waals surface area contributed by atoms with Crippen LogP contribution >= 0.6 is 0 Å². The molecule has 0 aliphatic rings. The van der Waals surface area contributed by atoms with E-state index in [0.29, 0.717) is 11.1 Å². The Hall–Kier alpha value is -4.30. The van der Waals surface area contributed by atoms with Crippen LogP contribution in [0.1, 0.15) is 5.56 Å². The molecular formula is C24H15N3O2. The Morgan fingerprint density at radius 3 is 2.38 bits per heavy atom. The SMILES string of the molecule is N#Cc1c2nc(-c3ccccc3)cc(-c3ccc(O)c(O)c3)c2n2ccccc12. The van der Waals surface area contributed by atoms with Gasteiger partial charge in [-0.1, -0.05) is 42.5 Å². The molecule has 138 valence electrons. The lowest BCUT2D eigenvalue weighted by atomic mass is 10.0. The van der Waals surface area contributed by atoms with Crippen molar-refractivity contribution >= 4 is 16.6 Å². The summed E-state index contributed by atoms with van der Waals surface area (Å²) in [6.45, 7) is 0. The third kappa shape index (κ3) is 2.59. The highest BCUT2D eigenvalue weighted by Crippen LogP contribution is 2.38. The minimum Gasteiger partial charge on any atom is -0.504 e. The van der Waals surface area contributed by atoms with E-state index in [2.05, 4.69) is 6.07 Å². The van der Waals surface area contributed by atoms with Crippen LogP contribution in [-0.4, -0.2) is 19.6 Å². The topological polar surface area (TPSA) is 81.5 Å². The summed E-state index contributed by atoms with van der Waals surface area (Å²) in [6, 6.07) is 24.4. The van der Waals surface area contributed by atoms with Gasteiger partial charge in [0.15, 0.2) is 11.5 Å². The first-order valence-electron chi connectivity index (χ1n) is 9.09. The number of aromatic nitrogens is 2. The number of aromatic hydroxyl groups is 2. The van der Waals surface area contributed by atoms with Crippen molar-refractivity contribution in [2.75, 3.05) is 0 Å². The van der Waals surface area contributed by atoms with E-state index < -0.39 is 0 Å². The molecule has 5 nitrogen and oxygen atoms in total. The smallest absolute Gasteiger partial charge is 0.158 e. The van der Waals surface area contributed by atoms with Gasteiger partial charge in [-0.3, -0.25) is 0 Å². The zero-order valence-electron chi connectivity index (χ0n) is 15.2. The first-order valence-corrected chi connectivity index (χ1v) is 9.09. The lowest BCUT2D eigenvalue weighted by Gasteiger charge is -2.10. The Bertz CT molecular complexity index is 1430. The van der Waals surface area contributed by atoms with Crippen LogP contribution in [0.2, 0.25) is 0 Å². The highest BCUT2D eigenvalue weighted by molar-refractivity contribution is 6.02. The van der Waals surface area contributed by atoms with Crippen LogP contribution in [0, 0.1) is 11.3 Å². The van der Waals surface area contributed by atoms with Gasteiger partial charge in [-0.2, -0.15) is 5.26 Å². The van der Waals surface area contributed by atoms with Crippen molar-refractivity contribution in [3.8, 4) is 40.0 Å². The van der Waals surface area contributed by atoms with Gasteiger partial charge in [0.25, 0.3) is 0 Å². The Labute approximate surface area is 166 Å². The molecule has 0 unspecified atom stereocenters. The second kappa shape index (κ2) is 6.39. The number of phenolic OH excluding ortho intramolecular Hbond substituents is 2. The predicted molar refractivity (Wildman–Crippen MR) is 112 cm³/mol. The summed E-state index contributed by atoms with van der Waals surface area (Å²) in [5, 5.41) is 29.6. The highest BCUT2D eigenvalue weighted by atomic mass is 16.3. The standard InChI is InChI=1S/C24H15N3O2/c25-14-18-20-8-4-5-11-27(20)24-17(16-9-10-21(28)22(29)12-16)13-19(26-23(18)24)15-6-2-1-3-7-15/h1-13,28-29H. The van der Waals surface area contributed by atoms with Crippen molar-refractivity contribution in [2.24, 2.45) is 0 Å². The molecule has 0 bridgehead atoms. The minimum atomic E-state index is -0.199. The lowest BCUT2D eigenvalue weighted by Crippen LogP contribution is -1.91. The number of nitrogens with zero attached hydrogens (tertiary/aromatic N) is 3. The molecule has 5 heteroatoms. The summed E-state index contributed by atoms with van der Waals surface area (Å²) in [6.07, 6.45) is 1.89. The van der Waals surface area contributed by atoms with E-state index >= 15 is 0 Å². The van der Waals surface area contributed by atoms with E-state index in [-0.39, 0.29) is 11.5 Å². The monoisotopic (exact) mass is 377 g/mol. The molecule has 3 aromatic heterocycles. The molecule has 0 saturated carbocycles. The van der Waals surface area contributed by atoms with Gasteiger partial charge in [0.05, 0.1) is 16.7 Å². The van der Waals surface area contributed by atoms with Crippen molar-refractivity contribution in [3.05, 3.63) is 84.6 Å². The van der Waals surface area contributed by atoms with E-state index in [1.807, 2.05) is 65.2 Å². The molecule has 0 spiro atoms. The van der Waals surface area contributed by atoms with E-state index in [1.54, 1.807) is 6.07 Å². The minimum absolute atomic E-state index is 0.180. The van der Waals surface area contributed by atoms with Crippen LogP contribution in [0.25, 0.3) is 38.9 Å². The van der Waals surface area contributed by atoms with Gasteiger partial charge in [-0.05, 0) is 35.9 Å². The Balaban J connectivity index is 1.96. The quantitative estimate of drug-likeness (QED) is 0.419. The number of nitriles is 1. The molecule has 0 amide bonds. The van der Waals surface area contributed by atoms with Gasteiger partial charge < -0.3 is 14.6 Å². The van der Waals surface area contributed by atoms with Crippen molar-refractivity contribution < 1.29 is 10.2 Å². The Morgan fingerprint density at radius 1 is 0.828 bits per heavy atom. The van der Waals surface area contributed by atoms with E-state index in [1.165, 1.54) is 12.1 Å². The lowest BCUT2D eigenvalue weighted by molar-refractivity contribution is 0.404. The zero-order chi connectivity index (χ0) is 20.0. The molecule has 0 aliphatic heterocycles. The van der Waals surface area contributed by atoms with Crippen molar-refractivity contribution in [1.29, 1.82) is 5.26 Å². The van der Waals surface area contributed by atoms with Crippen LogP contribution in [0.5, 0.6) is 11.5 Å². The van der Waals surface area contributed by atoms with Crippen molar-refractivity contribution in [2.45, 2.75) is 0 Å². The summed E-state index contributed by atoms with van der Waals surface area (Å²) in [5.74, 6) is -0.379. The van der Waals surface area contributed by atoms with Gasteiger partial charge in [0.2, 0.25) is 0 Å². The summed E-state index contributed by atoms with van der Waals surface area (Å²) in [7, 11) is 0. The number of hydrogen-bond donors (Lipinski definition) is 2. The average Bonchev–Trinajstić information content (AvgIpc) is 3.09.